The van der Waals surface area contributed by atoms with Crippen LogP contribution in [0.15, 0.2) is 190 Å². The second-order valence-corrected chi connectivity index (χ2v) is 26.7. The molecule has 2 saturated heterocycles. The van der Waals surface area contributed by atoms with Crippen LogP contribution < -0.4 is 22.1 Å². The number of hydrogen-bond acceptors (Lipinski definition) is 15. The lowest BCUT2D eigenvalue weighted by Gasteiger charge is -2.32. The number of anilines is 1. The molecule has 0 unspecified atom stereocenters. The summed E-state index contributed by atoms with van der Waals surface area (Å²) in [5, 5.41) is 53.4. The fourth-order valence-electron chi connectivity index (χ4n) is 8.49. The first-order valence-corrected chi connectivity index (χ1v) is 31.6. The maximum absolute atomic E-state index is 13.5. The van der Waals surface area contributed by atoms with Crippen molar-refractivity contribution in [3.8, 4) is 33.4 Å². The van der Waals surface area contributed by atoms with E-state index in [1.54, 1.807) is 60.8 Å². The lowest BCUT2D eigenvalue weighted by Crippen LogP contribution is -2.41. The van der Waals surface area contributed by atoms with Gasteiger partial charge in [0.1, 0.15) is 29.0 Å². The smallest absolute Gasteiger partial charge is 0.423 e. The van der Waals surface area contributed by atoms with Crippen LogP contribution in [0.4, 0.5) is 40.3 Å². The van der Waals surface area contributed by atoms with E-state index in [0.717, 1.165) is 36.5 Å². The number of nitrogens with zero attached hydrogens (tertiary/aromatic N) is 4. The van der Waals surface area contributed by atoms with Gasteiger partial charge in [-0.1, -0.05) is 104 Å². The van der Waals surface area contributed by atoms with Crippen LogP contribution in [0.5, 0.6) is 0 Å². The molecule has 29 heteroatoms. The topological polar surface area (TPSA) is 259 Å². The van der Waals surface area contributed by atoms with Crippen molar-refractivity contribution in [1.82, 2.24) is 5.16 Å². The number of hydrogen-bond donors (Lipinski definition) is 3. The molecule has 4 N–H and O–H groups in total. The first-order valence-electron chi connectivity index (χ1n) is 27.9. The summed E-state index contributed by atoms with van der Waals surface area (Å²) in [6, 6.07) is 43.1. The van der Waals surface area contributed by atoms with Gasteiger partial charge in [-0.2, -0.15) is 0 Å². The highest BCUT2D eigenvalue weighted by Gasteiger charge is 2.53. The van der Waals surface area contributed by atoms with E-state index in [1.807, 2.05) is 109 Å². The Bertz CT molecular complexity index is 4090. The Morgan fingerprint density at radius 3 is 1.20 bits per heavy atom. The van der Waals surface area contributed by atoms with Gasteiger partial charge in [0.25, 0.3) is 17.1 Å². The third kappa shape index (κ3) is 20.5. The highest BCUT2D eigenvalue weighted by Crippen LogP contribution is 2.40. The molecule has 11 rings (SSSR count). The number of benzene rings is 8. The molecule has 0 saturated carbocycles. The minimum Gasteiger partial charge on any atom is -0.423 e. The number of nitrogens with two attached hydrogens (primary N) is 1. The molecule has 0 spiro atoms. The number of aromatic nitrogens is 1. The zero-order valence-electron chi connectivity index (χ0n) is 51.3. The predicted octanol–water partition coefficient (Wildman–Crippen LogP) is 15.3. The van der Waals surface area contributed by atoms with Gasteiger partial charge in [-0.05, 0) is 226 Å². The van der Waals surface area contributed by atoms with Crippen molar-refractivity contribution in [3.63, 3.8) is 0 Å². The molecule has 484 valence electrons. The summed E-state index contributed by atoms with van der Waals surface area (Å²) in [4.78, 5) is 31.5. The maximum atomic E-state index is 13.5. The van der Waals surface area contributed by atoms with E-state index in [9.17, 15) is 47.9 Å². The summed E-state index contributed by atoms with van der Waals surface area (Å²) in [6.07, 6.45) is 1.69. The zero-order chi connectivity index (χ0) is 68.9. The number of nitro benzene ring substituents is 3. The van der Waals surface area contributed by atoms with Crippen LogP contribution in [0.3, 0.4) is 0 Å². The van der Waals surface area contributed by atoms with E-state index in [1.165, 1.54) is 84.9 Å². The van der Waals surface area contributed by atoms with Crippen molar-refractivity contribution in [2.24, 2.45) is 0 Å². The van der Waals surface area contributed by atoms with Gasteiger partial charge < -0.3 is 38.9 Å². The first-order chi connectivity index (χ1) is 43.5. The van der Waals surface area contributed by atoms with Gasteiger partial charge >= 0.3 is 21.4 Å². The number of nitro groups is 3. The molecular formula is C64H60B3Br2F4I2N5O13. The maximum Gasteiger partial charge on any atom is 0.495 e. The highest BCUT2D eigenvalue weighted by molar-refractivity contribution is 14.1. The van der Waals surface area contributed by atoms with Gasteiger partial charge in [0.2, 0.25) is 0 Å². The van der Waals surface area contributed by atoms with Gasteiger partial charge in [0.05, 0.1) is 61.6 Å². The highest BCUT2D eigenvalue weighted by atomic mass is 127. The van der Waals surface area contributed by atoms with Gasteiger partial charge in [0.15, 0.2) is 0 Å². The molecule has 0 amide bonds. The monoisotopic (exact) mass is 1630 g/mol. The summed E-state index contributed by atoms with van der Waals surface area (Å²) in [7, 11) is -2.73. The minimum atomic E-state index is -1.59. The summed E-state index contributed by atoms with van der Waals surface area (Å²) in [6.45, 7) is 17.6. The molecule has 1 aromatic heterocycles. The van der Waals surface area contributed by atoms with E-state index in [-0.39, 0.29) is 28.3 Å². The van der Waals surface area contributed by atoms with Crippen LogP contribution >= 0.6 is 77.0 Å². The molecular weight excluding hydrogens is 1570 g/mol. The quantitative estimate of drug-likeness (QED) is 0.0303. The van der Waals surface area contributed by atoms with Gasteiger partial charge in [-0.25, -0.2) is 17.6 Å². The lowest BCUT2D eigenvalue weighted by molar-refractivity contribution is -0.385. The molecule has 93 heavy (non-hydrogen) atoms. The Labute approximate surface area is 579 Å². The molecule has 0 atom stereocenters. The SMILES string of the molecule is CC1(C)OB(c2ccc(-c3cccc(F)c3)c(N)c2)OC1(C)C.CC1(C)OB(c2ccc(-c3cccc(F)c3)c([N+](=O)[O-])c2)OC1(C)C.Cc1oncc1I.O=[N+]([O-])c1cc(Br)ccc1-c1cccc(F)c1.O=[N+]([O-])c1cc(Br)ccc1I.OB(O)c1cccc(F)c1. The van der Waals surface area contributed by atoms with Gasteiger partial charge in [-0.15, -0.1) is 0 Å². The van der Waals surface area contributed by atoms with E-state index in [4.69, 9.17) is 38.9 Å². The minimum absolute atomic E-state index is 0.0509. The van der Waals surface area contributed by atoms with Crippen LogP contribution in [-0.4, -0.2) is 73.7 Å². The second kappa shape index (κ2) is 32.5. The average Bonchev–Trinajstić information content (AvgIpc) is 1.66. The molecule has 2 fully saturated rings. The normalized spacial score (nSPS) is 14.4. The third-order valence-corrected chi connectivity index (χ3v) is 17.8. The first kappa shape index (κ1) is 75.1. The van der Waals surface area contributed by atoms with Crippen molar-refractivity contribution >= 4 is 138 Å². The number of aryl methyl sites for hydroxylation is 1. The Hall–Kier alpha value is -6.94. The molecule has 0 aliphatic carbocycles. The van der Waals surface area contributed by atoms with Crippen molar-refractivity contribution in [1.29, 1.82) is 0 Å². The van der Waals surface area contributed by atoms with Crippen molar-refractivity contribution in [2.75, 3.05) is 5.73 Å². The van der Waals surface area contributed by atoms with E-state index in [0.29, 0.717) is 41.4 Å². The number of halogens is 8. The van der Waals surface area contributed by atoms with Crippen LogP contribution in [0.2, 0.25) is 0 Å². The predicted molar refractivity (Wildman–Crippen MR) is 376 cm³/mol. The Morgan fingerprint density at radius 1 is 0.495 bits per heavy atom. The van der Waals surface area contributed by atoms with Crippen LogP contribution in [0.1, 0.15) is 61.2 Å². The van der Waals surface area contributed by atoms with Crippen molar-refractivity contribution in [3.05, 3.63) is 252 Å². The zero-order valence-corrected chi connectivity index (χ0v) is 58.7. The molecule has 18 nitrogen and oxygen atoms in total. The molecule has 0 radical (unpaired) electrons. The Kier molecular flexibility index (Phi) is 26.2. The van der Waals surface area contributed by atoms with Crippen molar-refractivity contribution < 1.29 is 65.5 Å². The Morgan fingerprint density at radius 2 is 0.860 bits per heavy atom. The Balaban J connectivity index is 0.000000186. The number of nitrogen functional groups attached to an aromatic ring is 1. The second-order valence-electron chi connectivity index (χ2n) is 22.5. The molecule has 0 bridgehead atoms. The number of rotatable bonds is 9. The largest absolute Gasteiger partial charge is 0.495 e. The van der Waals surface area contributed by atoms with Crippen LogP contribution in [0.25, 0.3) is 33.4 Å². The summed E-state index contributed by atoms with van der Waals surface area (Å²) in [5.41, 5.74) is 9.69. The fourth-order valence-corrected chi connectivity index (χ4v) is 9.93. The fraction of sp³-hybridized carbons (Fsp3) is 0.203. The average molecular weight is 1630 g/mol. The van der Waals surface area contributed by atoms with E-state index >= 15 is 0 Å². The van der Waals surface area contributed by atoms with Gasteiger partial charge in [-0.3, -0.25) is 30.3 Å². The van der Waals surface area contributed by atoms with E-state index in [2.05, 4.69) is 59.6 Å². The van der Waals surface area contributed by atoms with Crippen molar-refractivity contribution in [2.45, 2.75) is 84.7 Å². The molecule has 8 aromatic carbocycles. The molecule has 9 aromatic rings. The van der Waals surface area contributed by atoms with Gasteiger partial charge in [0, 0.05) is 38.4 Å². The summed E-state index contributed by atoms with van der Waals surface area (Å²) >= 11 is 10.4. The van der Waals surface area contributed by atoms with Crippen LogP contribution in [-0.2, 0) is 18.6 Å². The standard InChI is InChI=1S/C18H19BFNO4.C18H21BFNO2.C12H7BrFNO2.C6H6BFO2.C6H3BrINO2.C4H4INO/c1-17(2)18(3,4)25-19(24-17)13-8-9-15(16(11-13)21(22)23)12-6-5-7-14(20)10-12;1-17(2)18(3,4)23-19(22-17)13-8-9-15(16(21)11-13)12-6-5-7-14(20)10-12;13-9-4-5-11(12(7-9)15(16)17)8-2-1-3-10(14)6-8;8-6-3-1-2-5(4-6)7(9)10;7-4-1-2-5(8)6(3-4)9(10)11;1-3-4(5)2-6-7-3/h5-11H,1-4H3;5-11H,21H2,1-4H3;1-7H;1-4,9-10H;1-3H;2H,1H3. The third-order valence-electron chi connectivity index (χ3n) is 14.9. The van der Waals surface area contributed by atoms with Crippen LogP contribution in [0, 0.1) is 67.7 Å². The lowest BCUT2D eigenvalue weighted by atomic mass is 9.78. The molecule has 2 aliphatic heterocycles. The molecule has 3 heterocycles. The summed E-state index contributed by atoms with van der Waals surface area (Å²) in [5.74, 6) is -0.718. The summed E-state index contributed by atoms with van der Waals surface area (Å²) < 4.78 is 84.0. The molecule has 2 aliphatic rings. The van der Waals surface area contributed by atoms with E-state index < -0.39 is 76.0 Å².